The molecule has 1 fully saturated rings. The Morgan fingerprint density at radius 3 is 2.58 bits per heavy atom. The van der Waals surface area contributed by atoms with Gasteiger partial charge in [0.25, 0.3) is 0 Å². The second-order valence-electron chi connectivity index (χ2n) is 5.00. The molecule has 1 aliphatic heterocycles. The number of carbonyl (C=O) groups excluding carboxylic acids is 1. The molecule has 1 aromatic carbocycles. The number of ketones is 1. The van der Waals surface area contributed by atoms with Crippen LogP contribution in [0, 0.1) is 0 Å². The third-order valence-corrected chi connectivity index (χ3v) is 3.43. The van der Waals surface area contributed by atoms with Crippen molar-refractivity contribution in [3.8, 4) is 0 Å². The van der Waals surface area contributed by atoms with Crippen LogP contribution in [0.3, 0.4) is 0 Å². The molecule has 1 saturated heterocycles. The number of hydrogen-bond donors (Lipinski definition) is 0. The normalized spacial score (nSPS) is 17.5. The first-order chi connectivity index (χ1) is 9.13. The Labute approximate surface area is 111 Å². The smallest absolute Gasteiger partial charge is 0.216 e. The highest BCUT2D eigenvalue weighted by molar-refractivity contribution is 5.97. The second kappa shape index (κ2) is 5.84. The topological polar surface area (TPSA) is 75.1 Å². The molecule has 0 aromatic heterocycles. The van der Waals surface area contributed by atoms with E-state index in [0.717, 1.165) is 17.6 Å². The monoisotopic (exact) mass is 261 g/mol. The first-order valence-electron chi connectivity index (χ1n) is 6.23. The van der Waals surface area contributed by atoms with Gasteiger partial charge in [0.15, 0.2) is 0 Å². The molecule has 0 amide bonds. The number of nitrogens with zero attached hydrogens (tertiary/aromatic N) is 4. The van der Waals surface area contributed by atoms with Gasteiger partial charge in [-0.15, -0.1) is 0 Å². The number of quaternary nitrogens is 1. The standard InChI is InChI=1S/C13H17N4O2/c1-17(6-8-19-9-7-17)10-13(18)11-2-4-12(5-3-11)15-16-14/h2-5H,6-10H2,1H3/q+1. The van der Waals surface area contributed by atoms with Crippen LogP contribution < -0.4 is 0 Å². The number of Topliss-reactive ketones (excluding diaryl/α,β-unsaturated/α-hetero) is 1. The van der Waals surface area contributed by atoms with Crippen LogP contribution in [0.15, 0.2) is 29.4 Å². The van der Waals surface area contributed by atoms with Crippen LogP contribution in [0.2, 0.25) is 0 Å². The van der Waals surface area contributed by atoms with E-state index >= 15 is 0 Å². The second-order valence-corrected chi connectivity index (χ2v) is 5.00. The fourth-order valence-electron chi connectivity index (χ4n) is 2.15. The number of azide groups is 1. The average Bonchev–Trinajstić information content (AvgIpc) is 2.40. The maximum absolute atomic E-state index is 12.2. The van der Waals surface area contributed by atoms with Gasteiger partial charge >= 0.3 is 0 Å². The predicted octanol–water partition coefficient (Wildman–Crippen LogP) is 2.29. The number of likely N-dealkylation sites (N-methyl/N-ethyl adjacent to an activating group) is 1. The summed E-state index contributed by atoms with van der Waals surface area (Å²) < 4.78 is 6.04. The zero-order valence-electron chi connectivity index (χ0n) is 11.0. The van der Waals surface area contributed by atoms with Crippen molar-refractivity contribution in [3.05, 3.63) is 40.3 Å². The Morgan fingerprint density at radius 1 is 1.37 bits per heavy atom. The van der Waals surface area contributed by atoms with Crippen molar-refractivity contribution in [2.24, 2.45) is 5.11 Å². The predicted molar refractivity (Wildman–Crippen MR) is 71.2 cm³/mol. The summed E-state index contributed by atoms with van der Waals surface area (Å²) in [4.78, 5) is 14.9. The van der Waals surface area contributed by atoms with Crippen molar-refractivity contribution >= 4 is 11.5 Å². The number of morpholine rings is 1. The maximum atomic E-state index is 12.2. The molecule has 0 spiro atoms. The van der Waals surface area contributed by atoms with Gasteiger partial charge in [-0.25, -0.2) is 0 Å². The van der Waals surface area contributed by atoms with Gasteiger partial charge in [-0.05, 0) is 5.53 Å². The minimum atomic E-state index is 0.108. The van der Waals surface area contributed by atoms with E-state index in [1.807, 2.05) is 0 Å². The molecule has 0 unspecified atom stereocenters. The van der Waals surface area contributed by atoms with Crippen LogP contribution in [-0.2, 0) is 4.74 Å². The highest BCUT2D eigenvalue weighted by Gasteiger charge is 2.28. The largest absolute Gasteiger partial charge is 0.370 e. The lowest BCUT2D eigenvalue weighted by atomic mass is 10.1. The fraction of sp³-hybridized carbons (Fsp3) is 0.462. The number of carbonyl (C=O) groups is 1. The van der Waals surface area contributed by atoms with Crippen molar-refractivity contribution < 1.29 is 14.0 Å². The van der Waals surface area contributed by atoms with Gasteiger partial charge in [-0.1, -0.05) is 29.4 Å². The van der Waals surface area contributed by atoms with Crippen LogP contribution >= 0.6 is 0 Å². The van der Waals surface area contributed by atoms with Gasteiger partial charge in [0.05, 0.1) is 20.3 Å². The molecule has 2 rings (SSSR count). The first kappa shape index (κ1) is 13.5. The van der Waals surface area contributed by atoms with E-state index in [-0.39, 0.29) is 5.78 Å². The van der Waals surface area contributed by atoms with Gasteiger partial charge in [-0.2, -0.15) is 0 Å². The minimum Gasteiger partial charge on any atom is -0.370 e. The van der Waals surface area contributed by atoms with Gasteiger partial charge in [0.1, 0.15) is 19.6 Å². The highest BCUT2D eigenvalue weighted by Crippen LogP contribution is 2.15. The fourth-order valence-corrected chi connectivity index (χ4v) is 2.15. The molecular formula is C13H17N4O2+. The Kier molecular flexibility index (Phi) is 4.16. The number of hydrogen-bond acceptors (Lipinski definition) is 3. The zero-order valence-corrected chi connectivity index (χ0v) is 11.0. The lowest BCUT2D eigenvalue weighted by molar-refractivity contribution is -0.908. The Balaban J connectivity index is 2.04. The molecule has 0 radical (unpaired) electrons. The van der Waals surface area contributed by atoms with E-state index in [1.54, 1.807) is 24.3 Å². The summed E-state index contributed by atoms with van der Waals surface area (Å²) in [5.74, 6) is 0.108. The molecule has 0 bridgehead atoms. The van der Waals surface area contributed by atoms with Gasteiger partial charge < -0.3 is 9.22 Å². The zero-order chi connectivity index (χ0) is 13.7. The van der Waals surface area contributed by atoms with Crippen molar-refractivity contribution in [2.45, 2.75) is 0 Å². The molecule has 0 saturated carbocycles. The van der Waals surface area contributed by atoms with Gasteiger partial charge in [-0.3, -0.25) is 4.79 Å². The Hall–Kier alpha value is -1.88. The van der Waals surface area contributed by atoms with E-state index < -0.39 is 0 Å². The summed E-state index contributed by atoms with van der Waals surface area (Å²) in [5.41, 5.74) is 9.50. The summed E-state index contributed by atoms with van der Waals surface area (Å²) in [6.45, 7) is 3.62. The average molecular weight is 261 g/mol. The summed E-state index contributed by atoms with van der Waals surface area (Å²) in [6.07, 6.45) is 0. The molecule has 1 aromatic rings. The first-order valence-corrected chi connectivity index (χ1v) is 6.23. The van der Waals surface area contributed by atoms with Crippen molar-refractivity contribution in [3.63, 3.8) is 0 Å². The minimum absolute atomic E-state index is 0.108. The molecule has 6 nitrogen and oxygen atoms in total. The number of rotatable bonds is 4. The van der Waals surface area contributed by atoms with E-state index in [1.165, 1.54) is 0 Å². The SMILES string of the molecule is C[N+]1(CC(=O)c2ccc(N=[N+]=[N-])cc2)CCOCC1. The molecule has 100 valence electrons. The maximum Gasteiger partial charge on any atom is 0.216 e. The molecule has 0 N–H and O–H groups in total. The quantitative estimate of drug-likeness (QED) is 0.274. The lowest BCUT2D eigenvalue weighted by Crippen LogP contribution is -2.54. The van der Waals surface area contributed by atoms with E-state index in [4.69, 9.17) is 10.3 Å². The summed E-state index contributed by atoms with van der Waals surface area (Å²) in [5, 5.41) is 3.49. The third-order valence-electron chi connectivity index (χ3n) is 3.43. The number of ether oxygens (including phenoxy) is 1. The van der Waals surface area contributed by atoms with Gasteiger partial charge in [0.2, 0.25) is 5.78 Å². The van der Waals surface area contributed by atoms with Crippen LogP contribution in [0.5, 0.6) is 0 Å². The van der Waals surface area contributed by atoms with Crippen molar-refractivity contribution in [1.82, 2.24) is 0 Å². The van der Waals surface area contributed by atoms with E-state index in [9.17, 15) is 4.79 Å². The van der Waals surface area contributed by atoms with Crippen LogP contribution in [0.4, 0.5) is 5.69 Å². The van der Waals surface area contributed by atoms with Crippen LogP contribution in [-0.4, -0.2) is 50.2 Å². The summed E-state index contributed by atoms with van der Waals surface area (Å²) in [7, 11) is 2.08. The molecule has 1 heterocycles. The Bertz CT molecular complexity index is 500. The third kappa shape index (κ3) is 3.54. The molecule has 19 heavy (non-hydrogen) atoms. The van der Waals surface area contributed by atoms with Crippen molar-refractivity contribution in [2.75, 3.05) is 39.9 Å². The van der Waals surface area contributed by atoms with Crippen LogP contribution in [0.25, 0.3) is 10.4 Å². The van der Waals surface area contributed by atoms with Crippen molar-refractivity contribution in [1.29, 1.82) is 0 Å². The van der Waals surface area contributed by atoms with Crippen LogP contribution in [0.1, 0.15) is 10.4 Å². The molecule has 0 aliphatic carbocycles. The highest BCUT2D eigenvalue weighted by atomic mass is 16.5. The summed E-state index contributed by atoms with van der Waals surface area (Å²) in [6, 6.07) is 6.73. The van der Waals surface area contributed by atoms with E-state index in [0.29, 0.717) is 31.0 Å². The Morgan fingerprint density at radius 2 is 2.00 bits per heavy atom. The van der Waals surface area contributed by atoms with Gasteiger partial charge in [0, 0.05) is 16.2 Å². The van der Waals surface area contributed by atoms with E-state index in [2.05, 4.69) is 17.1 Å². The molecular weight excluding hydrogens is 244 g/mol. The number of benzene rings is 1. The molecule has 6 heteroatoms. The molecule has 0 atom stereocenters. The molecule has 1 aliphatic rings. The summed E-state index contributed by atoms with van der Waals surface area (Å²) >= 11 is 0. The lowest BCUT2D eigenvalue weighted by Gasteiger charge is -2.36.